The second-order valence-corrected chi connectivity index (χ2v) is 34.6. The molecule has 9 rings (SSSR count). The Kier molecular flexibility index (Phi) is 36.6. The molecule has 3 aromatic heterocycles. The van der Waals surface area contributed by atoms with Crippen LogP contribution in [0.25, 0.3) is 21.8 Å². The lowest BCUT2D eigenvalue weighted by molar-refractivity contribution is -0.151. The Morgan fingerprint density at radius 2 is 1.18 bits per heavy atom. The number of para-hydroxylation sites is 2. The summed E-state index contributed by atoms with van der Waals surface area (Å²) < 4.78 is 0. The van der Waals surface area contributed by atoms with Crippen LogP contribution in [0.4, 0.5) is 0 Å². The number of carbonyl (C=O) groups excluding carboxylic acids is 17. The van der Waals surface area contributed by atoms with E-state index in [0.717, 1.165) is 38.5 Å². The Balaban J connectivity index is 1.08. The van der Waals surface area contributed by atoms with Crippen LogP contribution in [0.3, 0.4) is 0 Å². The van der Waals surface area contributed by atoms with Gasteiger partial charge in [-0.25, -0.2) is 4.98 Å². The number of benzene rings is 3. The van der Waals surface area contributed by atoms with Gasteiger partial charge in [-0.2, -0.15) is 0 Å². The van der Waals surface area contributed by atoms with Crippen molar-refractivity contribution in [3.05, 3.63) is 120 Å². The summed E-state index contributed by atoms with van der Waals surface area (Å²) in [4.78, 5) is 278. The SMILES string of the molecule is CC(C)C[C@@H]1NC(=O)[C@H](Cc2c[nH]cn2)NC(=O)[C@@H]2CCCN2C(=O)[C@H](CC(N)=O)NC(=O)[C@H](C)N(C)C(=O)[C@H](Cc2ccc(O)cc2)NC(=O)CSC[C@@H](C(=O)NCC(N)=O)NC(=O)[C@H](C)NC(=O)[C@H](CC(=O)O)N(C)C(=O)[C@H](CCCCN)N(C)C(=O)[C@H](Cc2c[nH]c3ccccc23)NC(=O)[C@H](CO)CC(=O)[C@H](Cc2c[nH]c3ccccc23)NC(=O)[C@@H]2C[C@@H](O)CN2C1=O. The number of ketones is 1. The molecule has 3 aliphatic heterocycles. The first kappa shape index (κ1) is 101. The smallest absolute Gasteiger partial charge is 0.305 e. The maximum absolute atomic E-state index is 15.6. The van der Waals surface area contributed by atoms with E-state index in [1.165, 1.54) is 57.8 Å². The number of Topliss-reactive ketones (excluding diaryl/α,β-unsaturated/α-hetero) is 1. The third-order valence-corrected chi connectivity index (χ3v) is 24.4. The van der Waals surface area contributed by atoms with E-state index >= 15 is 33.6 Å². The molecule has 0 radical (unpaired) electrons. The zero-order valence-corrected chi connectivity index (χ0v) is 74.6. The van der Waals surface area contributed by atoms with Crippen LogP contribution in [-0.4, -0.2) is 321 Å². The van der Waals surface area contributed by atoms with Gasteiger partial charge in [-0.3, -0.25) is 86.3 Å². The van der Waals surface area contributed by atoms with Gasteiger partial charge in [-0.1, -0.05) is 62.4 Å². The minimum absolute atomic E-state index is 0.0245. The Hall–Kier alpha value is -13.4. The Morgan fingerprint density at radius 1 is 0.588 bits per heavy atom. The number of carbonyl (C=O) groups is 18. The van der Waals surface area contributed by atoms with Crippen molar-refractivity contribution in [2.45, 2.75) is 202 Å². The lowest BCUT2D eigenvalue weighted by Gasteiger charge is -2.36. The summed E-state index contributed by atoms with van der Waals surface area (Å²) in [7, 11) is 3.50. The van der Waals surface area contributed by atoms with E-state index < -0.39 is 254 Å². The summed E-state index contributed by atoms with van der Waals surface area (Å²) in [6.45, 7) is 3.58. The van der Waals surface area contributed by atoms with Gasteiger partial charge in [0.25, 0.3) is 0 Å². The highest BCUT2D eigenvalue weighted by Crippen LogP contribution is 2.29. The van der Waals surface area contributed by atoms with E-state index in [1.54, 1.807) is 74.8 Å². The number of nitrogens with one attached hydrogen (secondary N) is 12. The first-order valence-corrected chi connectivity index (χ1v) is 44.3. The number of fused-ring (bicyclic) bond motifs is 4. The molecule has 6 aromatic rings. The van der Waals surface area contributed by atoms with Gasteiger partial charge in [-0.05, 0) is 106 Å². The quantitative estimate of drug-likeness (QED) is 0.0289. The van der Waals surface area contributed by atoms with Crippen LogP contribution in [0.1, 0.15) is 114 Å². The molecule has 3 fully saturated rings. The van der Waals surface area contributed by atoms with Crippen molar-refractivity contribution in [1.29, 1.82) is 0 Å². The molecule has 0 bridgehead atoms. The summed E-state index contributed by atoms with van der Waals surface area (Å²) in [5.41, 5.74) is 19.8. The number of phenols is 1. The monoisotopic (exact) mass is 1840 g/mol. The number of nitrogens with zero attached hydrogens (tertiary/aromatic N) is 6. The van der Waals surface area contributed by atoms with Crippen molar-refractivity contribution in [3.63, 3.8) is 0 Å². The number of imidazole rings is 1. The number of nitrogens with two attached hydrogens (primary N) is 3. The zero-order valence-electron chi connectivity index (χ0n) is 73.8. The molecule has 0 aliphatic carbocycles. The van der Waals surface area contributed by atoms with Crippen LogP contribution in [0, 0.1) is 11.8 Å². The predicted molar refractivity (Wildman–Crippen MR) is 474 cm³/mol. The average molecular weight is 1840 g/mol. The second kappa shape index (κ2) is 47.3. The topological polar surface area (TPSA) is 651 Å². The van der Waals surface area contributed by atoms with Gasteiger partial charge in [-0.15, -0.1) is 11.8 Å². The molecule has 0 spiro atoms. The number of primary amides is 2. The molecule has 6 heterocycles. The van der Waals surface area contributed by atoms with Gasteiger partial charge in [0.1, 0.15) is 78.3 Å². The minimum Gasteiger partial charge on any atom is -0.508 e. The molecule has 3 saturated heterocycles. The number of aromatic nitrogens is 4. The van der Waals surface area contributed by atoms with E-state index in [4.69, 9.17) is 17.2 Å². The molecule has 44 heteroatoms. The van der Waals surface area contributed by atoms with Gasteiger partial charge in [0, 0.05) is 119 Å². The summed E-state index contributed by atoms with van der Waals surface area (Å²) in [5, 5.41) is 67.6. The average Bonchev–Trinajstić information content (AvgIpc) is 1.69. The molecule has 15 atom stereocenters. The standard InChI is InChI=1S/C87H117N21O22S/c1-45(2)27-61-86(129)108-40-54(111)33-69(108)82(125)98-59(29-49-36-92-57-17-10-8-15-55(49)57)70(112)31-51(41-109)77(120)101-63(30-50-37-93-58-18-11-9-16-56(50)58)84(127)105(6)67(19-12-13-25-88)87(130)106(7)68(35-74(116)117)81(124)96-46(3)75(118)103-65(78(121)94-39-72(90)114)42-131-43-73(115)97-62(28-48-21-23-53(110)24-22-48)83(126)104(5)47(4)76(119)100-64(34-71(89)113)85(128)107-26-14-20-66(107)80(123)99-60(79(122)102-61)32-52-38-91-44-95-52/h8-11,15-18,21-24,36-38,44-47,51,54,59-69,92-93,109-111H,12-14,19-20,25-35,39-43,88H2,1-7H3,(H2,89,113)(H2,90,114)(H,91,95)(H,94,121)(H,96,124)(H,97,115)(H,98,125)(H,99,123)(H,100,119)(H,101,120)(H,102,122)(H,103,118)(H,116,117)/t46-,47-,51-,54+,59-,60-,61-,62-,63-,64-,65-,66-,67-,68-,69-/m0/s1. The third kappa shape index (κ3) is 27.6. The summed E-state index contributed by atoms with van der Waals surface area (Å²) >= 11 is 0.712. The summed E-state index contributed by atoms with van der Waals surface area (Å²) in [6.07, 6.45) is 0.459. The number of aliphatic hydroxyl groups excluding tert-OH is 2. The van der Waals surface area contributed by atoms with Crippen LogP contribution in [0.5, 0.6) is 5.75 Å². The number of carboxylic acids is 1. The van der Waals surface area contributed by atoms with Crippen LogP contribution in [0.15, 0.2) is 97.7 Å². The Morgan fingerprint density at radius 3 is 1.79 bits per heavy atom. The Labute approximate surface area is 757 Å². The van der Waals surface area contributed by atoms with Crippen LogP contribution < -0.4 is 65.1 Å². The fourth-order valence-corrected chi connectivity index (χ4v) is 16.9. The molecule has 0 unspecified atom stereocenters. The lowest BCUT2D eigenvalue weighted by atomic mass is 9.93. The highest BCUT2D eigenvalue weighted by atomic mass is 32.2. The largest absolute Gasteiger partial charge is 0.508 e. The first-order chi connectivity index (χ1) is 62.2. The third-order valence-electron chi connectivity index (χ3n) is 23.4. The highest BCUT2D eigenvalue weighted by molar-refractivity contribution is 8.00. The second-order valence-electron chi connectivity index (χ2n) is 33.6. The number of hydrogen-bond donors (Lipinski definition) is 19. The number of H-pyrrole nitrogens is 3. The first-order valence-electron chi connectivity index (χ1n) is 43.1. The maximum atomic E-state index is 15.6. The number of phenolic OH excluding ortho intramolecular Hbond substituents is 1. The Bertz CT molecular complexity index is 5140. The number of likely N-dealkylation sites (N-methyl/N-ethyl adjacent to an activating group) is 3. The number of amides is 16. The normalized spacial score (nSPS) is 25.2. The molecular weight excluding hydrogens is 1720 g/mol. The fourth-order valence-electron chi connectivity index (χ4n) is 16.1. The van der Waals surface area contributed by atoms with Gasteiger partial charge in [0.05, 0.1) is 61.8 Å². The summed E-state index contributed by atoms with van der Waals surface area (Å²) in [5.74, 6) is -21.8. The van der Waals surface area contributed by atoms with Gasteiger partial charge >= 0.3 is 5.97 Å². The molecule has 131 heavy (non-hydrogen) atoms. The van der Waals surface area contributed by atoms with Crippen molar-refractivity contribution in [2.24, 2.45) is 29.0 Å². The number of rotatable bonds is 22. The number of aromatic amines is 3. The van der Waals surface area contributed by atoms with Gasteiger partial charge < -0.3 is 125 Å². The van der Waals surface area contributed by atoms with E-state index in [1.807, 2.05) is 0 Å². The van der Waals surface area contributed by atoms with E-state index in [0.29, 0.717) is 50.3 Å². The molecule has 43 nitrogen and oxygen atoms in total. The highest BCUT2D eigenvalue weighted by Gasteiger charge is 2.47. The number of aliphatic hydroxyl groups is 2. The molecular formula is C87H117N21O22S. The zero-order chi connectivity index (χ0) is 95.8. The molecule has 708 valence electrons. The van der Waals surface area contributed by atoms with Crippen LogP contribution in [-0.2, 0) is 112 Å². The summed E-state index contributed by atoms with van der Waals surface area (Å²) in [6, 6.07) is -1.56. The van der Waals surface area contributed by atoms with Crippen LogP contribution >= 0.6 is 11.8 Å². The molecule has 3 aliphatic rings. The van der Waals surface area contributed by atoms with E-state index in [2.05, 4.69) is 67.8 Å². The van der Waals surface area contributed by atoms with E-state index in [-0.39, 0.29) is 94.7 Å². The lowest BCUT2D eigenvalue weighted by Crippen LogP contribution is -2.60. The number of carboxylic acid groups (broad SMARTS) is 1. The van der Waals surface area contributed by atoms with Crippen molar-refractivity contribution in [3.8, 4) is 5.75 Å². The maximum Gasteiger partial charge on any atom is 0.305 e. The number of aromatic hydroxyl groups is 1. The molecule has 3 aromatic carbocycles. The van der Waals surface area contributed by atoms with Gasteiger partial charge in [0.2, 0.25) is 94.5 Å². The van der Waals surface area contributed by atoms with Crippen LogP contribution in [0.2, 0.25) is 0 Å². The van der Waals surface area contributed by atoms with Crippen molar-refractivity contribution in [2.75, 3.05) is 65.4 Å². The van der Waals surface area contributed by atoms with Crippen molar-refractivity contribution in [1.82, 2.24) is 92.3 Å². The van der Waals surface area contributed by atoms with E-state index in [9.17, 15) is 73.2 Å². The fraction of sp³-hybridized carbons (Fsp3) is 0.506. The predicted octanol–water partition coefficient (Wildman–Crippen LogP) is -3.86. The minimum atomic E-state index is -1.96. The number of unbranched alkanes of at least 4 members (excludes halogenated alkanes) is 1. The molecule has 22 N–H and O–H groups in total. The number of thioether (sulfide) groups is 1. The number of aliphatic carboxylic acids is 1. The number of hydrogen-bond acceptors (Lipinski definition) is 24. The van der Waals surface area contributed by atoms with Crippen molar-refractivity contribution >= 4 is 140 Å². The van der Waals surface area contributed by atoms with Gasteiger partial charge in [0.15, 0.2) is 5.78 Å². The molecule has 0 saturated carbocycles. The van der Waals surface area contributed by atoms with Crippen molar-refractivity contribution < 1.29 is 107 Å². The molecule has 16 amide bonds.